The summed E-state index contributed by atoms with van der Waals surface area (Å²) >= 11 is 1.23. The number of nitro benzene ring substituents is 2. The molecule has 33 heavy (non-hydrogen) atoms. The van der Waals surface area contributed by atoms with E-state index < -0.39 is 9.85 Å². The monoisotopic (exact) mass is 460 g/mol. The van der Waals surface area contributed by atoms with Crippen molar-refractivity contribution in [1.82, 2.24) is 24.8 Å². The van der Waals surface area contributed by atoms with Crippen molar-refractivity contribution in [3.05, 3.63) is 87.2 Å². The van der Waals surface area contributed by atoms with Crippen molar-refractivity contribution in [2.45, 2.75) is 0 Å². The first-order chi connectivity index (χ1) is 16.0. The van der Waals surface area contributed by atoms with E-state index >= 15 is 0 Å². The molecule has 162 valence electrons. The van der Waals surface area contributed by atoms with Crippen LogP contribution in [0.4, 0.5) is 16.5 Å². The van der Waals surface area contributed by atoms with E-state index in [9.17, 15) is 20.2 Å². The lowest BCUT2D eigenvalue weighted by molar-refractivity contribution is -0.385. The summed E-state index contributed by atoms with van der Waals surface area (Å²) in [5.41, 5.74) is 4.97. The first-order valence-corrected chi connectivity index (χ1v) is 10.2. The predicted octanol–water partition coefficient (Wildman–Crippen LogP) is 4.31. The van der Waals surface area contributed by atoms with Gasteiger partial charge in [-0.2, -0.15) is 0 Å². The quantitative estimate of drug-likeness (QED) is 0.288. The Kier molecular flexibility index (Phi) is 4.91. The molecule has 0 unspecified atom stereocenters. The topological polar surface area (TPSA) is 155 Å². The zero-order valence-electron chi connectivity index (χ0n) is 16.5. The van der Waals surface area contributed by atoms with Gasteiger partial charge in [-0.05, 0) is 30.3 Å². The van der Waals surface area contributed by atoms with E-state index in [0.29, 0.717) is 38.1 Å². The summed E-state index contributed by atoms with van der Waals surface area (Å²) in [5, 5.41) is 31.1. The highest BCUT2D eigenvalue weighted by Gasteiger charge is 2.19. The van der Waals surface area contributed by atoms with E-state index in [4.69, 9.17) is 0 Å². The predicted molar refractivity (Wildman–Crippen MR) is 121 cm³/mol. The minimum absolute atomic E-state index is 0.0235. The van der Waals surface area contributed by atoms with Crippen molar-refractivity contribution < 1.29 is 9.85 Å². The Bertz CT molecular complexity index is 1500. The third kappa shape index (κ3) is 3.83. The molecule has 0 spiro atoms. The summed E-state index contributed by atoms with van der Waals surface area (Å²) < 4.78 is 2.24. The van der Waals surface area contributed by atoms with Gasteiger partial charge in [0.05, 0.1) is 20.1 Å². The van der Waals surface area contributed by atoms with Gasteiger partial charge < -0.3 is 0 Å². The fraction of sp³-hybridized carbons (Fsp3) is 0. The lowest BCUT2D eigenvalue weighted by Crippen LogP contribution is -2.12. The molecule has 0 amide bonds. The van der Waals surface area contributed by atoms with Gasteiger partial charge in [0.1, 0.15) is 0 Å². The van der Waals surface area contributed by atoms with Gasteiger partial charge in [0.2, 0.25) is 5.13 Å². The molecule has 0 atom stereocenters. The Morgan fingerprint density at radius 2 is 1.58 bits per heavy atom. The second kappa shape index (κ2) is 8.05. The maximum Gasteiger partial charge on any atom is 0.270 e. The molecule has 0 aliphatic heterocycles. The molecular weight excluding hydrogens is 448 g/mol. The van der Waals surface area contributed by atoms with Crippen LogP contribution in [-0.4, -0.2) is 34.7 Å². The van der Waals surface area contributed by atoms with Crippen molar-refractivity contribution in [2.24, 2.45) is 0 Å². The van der Waals surface area contributed by atoms with Crippen molar-refractivity contribution >= 4 is 38.1 Å². The molecule has 1 N–H and O–H groups in total. The molecule has 13 heteroatoms. The maximum absolute atomic E-state index is 11.1. The molecule has 12 nitrogen and oxygen atoms in total. The van der Waals surface area contributed by atoms with Crippen LogP contribution in [0.3, 0.4) is 0 Å². The van der Waals surface area contributed by atoms with E-state index in [0.717, 1.165) is 0 Å². The number of nitro groups is 2. The number of non-ortho nitro benzene ring substituents is 2. The van der Waals surface area contributed by atoms with Gasteiger partial charge in [0, 0.05) is 47.8 Å². The number of hydrogen-bond acceptors (Lipinski definition) is 10. The van der Waals surface area contributed by atoms with Crippen molar-refractivity contribution in [1.29, 1.82) is 0 Å². The first-order valence-electron chi connectivity index (χ1n) is 9.42. The van der Waals surface area contributed by atoms with Gasteiger partial charge >= 0.3 is 0 Å². The second-order valence-corrected chi connectivity index (χ2v) is 7.80. The van der Waals surface area contributed by atoms with Crippen LogP contribution in [0.25, 0.3) is 33.0 Å². The number of hydrogen-bond donors (Lipinski definition) is 1. The fourth-order valence-corrected chi connectivity index (χ4v) is 4.05. The smallest absolute Gasteiger partial charge is 0.265 e. The number of aromatic nitrogens is 5. The highest BCUT2D eigenvalue weighted by molar-refractivity contribution is 7.22. The van der Waals surface area contributed by atoms with Crippen LogP contribution < -0.4 is 5.43 Å². The molecule has 0 saturated heterocycles. The largest absolute Gasteiger partial charge is 0.270 e. The number of nitrogens with one attached hydrogen (secondary N) is 1. The van der Waals surface area contributed by atoms with Gasteiger partial charge in [0.15, 0.2) is 11.6 Å². The minimum atomic E-state index is -0.478. The molecule has 5 rings (SSSR count). The number of nitrogens with zero attached hydrogens (tertiary/aromatic N) is 7. The average Bonchev–Trinajstić information content (AvgIpc) is 3.43. The van der Waals surface area contributed by atoms with Gasteiger partial charge in [-0.3, -0.25) is 30.6 Å². The molecule has 0 bridgehead atoms. The molecule has 0 fully saturated rings. The minimum Gasteiger partial charge on any atom is -0.265 e. The number of anilines is 1. The van der Waals surface area contributed by atoms with Gasteiger partial charge in [0.25, 0.3) is 11.4 Å². The Labute approximate surface area is 188 Å². The highest BCUT2D eigenvalue weighted by Crippen LogP contribution is 2.31. The van der Waals surface area contributed by atoms with E-state index in [1.165, 1.54) is 35.6 Å². The van der Waals surface area contributed by atoms with E-state index in [1.807, 2.05) is 6.07 Å². The van der Waals surface area contributed by atoms with Crippen LogP contribution in [0.2, 0.25) is 0 Å². The van der Waals surface area contributed by atoms with Crippen LogP contribution in [0.1, 0.15) is 0 Å². The summed E-state index contributed by atoms with van der Waals surface area (Å²) in [4.78, 5) is 29.8. The molecule has 2 aromatic carbocycles. The summed E-state index contributed by atoms with van der Waals surface area (Å²) in [6, 6.07) is 13.9. The summed E-state index contributed by atoms with van der Waals surface area (Å²) in [5.74, 6) is 0.843. The highest BCUT2D eigenvalue weighted by atomic mass is 32.1. The van der Waals surface area contributed by atoms with Crippen LogP contribution in [0.15, 0.2) is 67.0 Å². The van der Waals surface area contributed by atoms with Crippen LogP contribution >= 0.6 is 11.3 Å². The first kappa shape index (κ1) is 20.1. The number of rotatable bonds is 6. The number of pyridine rings is 1. The average molecular weight is 460 g/mol. The maximum atomic E-state index is 11.1. The molecule has 0 radical (unpaired) electrons. The van der Waals surface area contributed by atoms with E-state index in [2.05, 4.69) is 25.6 Å². The molecule has 0 saturated carbocycles. The molecule has 0 aliphatic carbocycles. The second-order valence-electron chi connectivity index (χ2n) is 6.77. The number of fused-ring (bicyclic) bond motifs is 1. The standard InChI is InChI=1S/C20H12N8O4S/c29-27(30)14-5-3-12(4-6-14)18-23-24-19(13-2-1-9-21-11-13)26(18)25-20-22-16-8-7-15(28(31)32)10-17(16)33-20/h1-11H,(H,22,25). The Balaban J connectivity index is 1.60. The third-order valence-electron chi connectivity index (χ3n) is 4.71. The Morgan fingerprint density at radius 3 is 2.24 bits per heavy atom. The lowest BCUT2D eigenvalue weighted by atomic mass is 10.2. The summed E-state index contributed by atoms with van der Waals surface area (Å²) in [6.07, 6.45) is 3.26. The fourth-order valence-electron chi connectivity index (χ4n) is 3.16. The Morgan fingerprint density at radius 1 is 0.879 bits per heavy atom. The van der Waals surface area contributed by atoms with Gasteiger partial charge in [-0.1, -0.05) is 11.3 Å². The third-order valence-corrected chi connectivity index (χ3v) is 5.63. The van der Waals surface area contributed by atoms with Crippen LogP contribution in [-0.2, 0) is 0 Å². The Hall–Kier alpha value is -4.78. The summed E-state index contributed by atoms with van der Waals surface area (Å²) in [7, 11) is 0. The molecule has 3 aromatic heterocycles. The van der Waals surface area contributed by atoms with Gasteiger partial charge in [-0.25, -0.2) is 9.66 Å². The number of thiazole rings is 1. The molecular formula is C20H12N8O4S. The van der Waals surface area contributed by atoms with Crippen molar-refractivity contribution in [3.63, 3.8) is 0 Å². The molecule has 5 aromatic rings. The molecule has 3 heterocycles. The summed E-state index contributed by atoms with van der Waals surface area (Å²) in [6.45, 7) is 0. The van der Waals surface area contributed by atoms with E-state index in [-0.39, 0.29) is 11.4 Å². The SMILES string of the molecule is O=[N+]([O-])c1ccc(-c2nnc(-c3cccnc3)n2Nc2nc3ccc([N+](=O)[O-])cc3s2)cc1. The van der Waals surface area contributed by atoms with Crippen LogP contribution in [0.5, 0.6) is 0 Å². The molecule has 0 aliphatic rings. The van der Waals surface area contributed by atoms with E-state index in [1.54, 1.807) is 41.3 Å². The van der Waals surface area contributed by atoms with Gasteiger partial charge in [-0.15, -0.1) is 10.2 Å². The van der Waals surface area contributed by atoms with Crippen molar-refractivity contribution in [3.8, 4) is 22.8 Å². The number of benzene rings is 2. The van der Waals surface area contributed by atoms with Crippen molar-refractivity contribution in [2.75, 3.05) is 5.43 Å². The zero-order chi connectivity index (χ0) is 22.9. The normalized spacial score (nSPS) is 10.9. The lowest BCUT2D eigenvalue weighted by Gasteiger charge is -2.10. The van der Waals surface area contributed by atoms with Crippen LogP contribution in [0, 0.1) is 20.2 Å². The zero-order valence-corrected chi connectivity index (χ0v) is 17.3.